The number of hydrogen-bond acceptors (Lipinski definition) is 2. The zero-order valence-corrected chi connectivity index (χ0v) is 9.85. The molecule has 0 saturated carbocycles. The summed E-state index contributed by atoms with van der Waals surface area (Å²) in [4.78, 5) is 13.0. The molecule has 0 fully saturated rings. The van der Waals surface area contributed by atoms with E-state index in [2.05, 4.69) is 0 Å². The molecule has 0 aliphatic rings. The van der Waals surface area contributed by atoms with Gasteiger partial charge in [0.05, 0.1) is 0 Å². The van der Waals surface area contributed by atoms with Crippen LogP contribution in [-0.4, -0.2) is 19.5 Å². The number of nitrogens with zero attached hydrogens (tertiary/aromatic N) is 1. The van der Waals surface area contributed by atoms with E-state index in [4.69, 9.17) is 28.9 Å². The van der Waals surface area contributed by atoms with Crippen LogP contribution < -0.4 is 10.6 Å². The highest BCUT2D eigenvalue weighted by Gasteiger charge is 2.10. The van der Waals surface area contributed by atoms with Crippen molar-refractivity contribution in [2.24, 2.45) is 5.73 Å². The minimum atomic E-state index is -0.0594. The van der Waals surface area contributed by atoms with Crippen LogP contribution in [0.3, 0.4) is 0 Å². The molecule has 0 bridgehead atoms. The van der Waals surface area contributed by atoms with E-state index in [1.165, 1.54) is 4.90 Å². The van der Waals surface area contributed by atoms with Crippen LogP contribution in [0.5, 0.6) is 0 Å². The quantitative estimate of drug-likeness (QED) is 0.890. The first-order valence-corrected chi connectivity index (χ1v) is 5.23. The Balaban J connectivity index is 2.90. The van der Waals surface area contributed by atoms with Gasteiger partial charge in [0, 0.05) is 35.7 Å². The molecule has 0 spiro atoms. The molecule has 1 amide bonds. The van der Waals surface area contributed by atoms with Gasteiger partial charge < -0.3 is 10.6 Å². The lowest BCUT2D eigenvalue weighted by molar-refractivity contribution is -0.118. The Morgan fingerprint density at radius 2 is 1.87 bits per heavy atom. The van der Waals surface area contributed by atoms with E-state index in [0.29, 0.717) is 28.7 Å². The molecule has 0 aliphatic heterocycles. The van der Waals surface area contributed by atoms with E-state index in [1.807, 2.05) is 0 Å². The van der Waals surface area contributed by atoms with E-state index >= 15 is 0 Å². The molecular weight excluding hydrogens is 235 g/mol. The number of nitrogens with two attached hydrogens (primary N) is 1. The summed E-state index contributed by atoms with van der Waals surface area (Å²) in [7, 11) is 1.67. The van der Waals surface area contributed by atoms with Crippen LogP contribution in [0.15, 0.2) is 18.2 Å². The first kappa shape index (κ1) is 12.3. The molecular formula is C10H12Cl2N2O. The molecule has 1 aromatic rings. The maximum absolute atomic E-state index is 11.5. The lowest BCUT2D eigenvalue weighted by atomic mass is 10.2. The molecule has 82 valence electrons. The number of carbonyl (C=O) groups excluding carboxylic acids is 1. The van der Waals surface area contributed by atoms with Crippen molar-refractivity contribution in [3.63, 3.8) is 0 Å². The molecule has 0 aliphatic carbocycles. The third kappa shape index (κ3) is 3.38. The Hall–Kier alpha value is -0.770. The van der Waals surface area contributed by atoms with Gasteiger partial charge in [0.2, 0.25) is 5.91 Å². The van der Waals surface area contributed by atoms with Crippen molar-refractivity contribution >= 4 is 34.8 Å². The van der Waals surface area contributed by atoms with Crippen molar-refractivity contribution in [3.05, 3.63) is 28.2 Å². The van der Waals surface area contributed by atoms with Crippen LogP contribution in [0.25, 0.3) is 0 Å². The summed E-state index contributed by atoms with van der Waals surface area (Å²) in [6.07, 6.45) is 0.306. The smallest absolute Gasteiger partial charge is 0.227 e. The highest BCUT2D eigenvalue weighted by molar-refractivity contribution is 6.35. The minimum absolute atomic E-state index is 0.0594. The van der Waals surface area contributed by atoms with Gasteiger partial charge in [0.15, 0.2) is 0 Å². The predicted octanol–water partition coefficient (Wildman–Crippen LogP) is 2.31. The number of halogens is 2. The Morgan fingerprint density at radius 3 is 2.33 bits per heavy atom. The van der Waals surface area contributed by atoms with Crippen molar-refractivity contribution in [2.45, 2.75) is 6.42 Å². The molecule has 0 heterocycles. The van der Waals surface area contributed by atoms with Crippen LogP contribution in [0.1, 0.15) is 6.42 Å². The van der Waals surface area contributed by atoms with Crippen molar-refractivity contribution in [3.8, 4) is 0 Å². The van der Waals surface area contributed by atoms with Gasteiger partial charge in [-0.1, -0.05) is 23.2 Å². The first-order valence-electron chi connectivity index (χ1n) is 4.47. The molecule has 15 heavy (non-hydrogen) atoms. The molecule has 0 aromatic heterocycles. The van der Waals surface area contributed by atoms with E-state index in [-0.39, 0.29) is 5.91 Å². The zero-order chi connectivity index (χ0) is 11.4. The van der Waals surface area contributed by atoms with Gasteiger partial charge in [0.25, 0.3) is 0 Å². The normalized spacial score (nSPS) is 10.1. The second-order valence-corrected chi connectivity index (χ2v) is 3.99. The van der Waals surface area contributed by atoms with Gasteiger partial charge in [-0.05, 0) is 18.2 Å². The number of carbonyl (C=O) groups is 1. The molecule has 1 aromatic carbocycles. The van der Waals surface area contributed by atoms with Crippen LogP contribution in [0, 0.1) is 0 Å². The van der Waals surface area contributed by atoms with Crippen molar-refractivity contribution in [1.29, 1.82) is 0 Å². The van der Waals surface area contributed by atoms with Crippen molar-refractivity contribution < 1.29 is 4.79 Å². The highest BCUT2D eigenvalue weighted by Crippen LogP contribution is 2.24. The highest BCUT2D eigenvalue weighted by atomic mass is 35.5. The second kappa shape index (κ2) is 5.35. The third-order valence-electron chi connectivity index (χ3n) is 1.97. The van der Waals surface area contributed by atoms with Gasteiger partial charge in [-0.15, -0.1) is 0 Å². The molecule has 0 saturated heterocycles. The molecule has 5 heteroatoms. The number of benzene rings is 1. The largest absolute Gasteiger partial charge is 0.330 e. The molecule has 0 atom stereocenters. The fourth-order valence-corrected chi connectivity index (χ4v) is 1.68. The van der Waals surface area contributed by atoms with Gasteiger partial charge in [-0.2, -0.15) is 0 Å². The molecule has 1 rings (SSSR count). The zero-order valence-electron chi connectivity index (χ0n) is 8.34. The molecule has 0 radical (unpaired) electrons. The van der Waals surface area contributed by atoms with E-state index in [9.17, 15) is 4.79 Å². The van der Waals surface area contributed by atoms with Crippen LogP contribution in [0.4, 0.5) is 5.69 Å². The monoisotopic (exact) mass is 246 g/mol. The average molecular weight is 247 g/mol. The summed E-state index contributed by atoms with van der Waals surface area (Å²) in [5.41, 5.74) is 5.98. The molecule has 2 N–H and O–H groups in total. The van der Waals surface area contributed by atoms with E-state index in [0.717, 1.165) is 0 Å². The minimum Gasteiger partial charge on any atom is -0.330 e. The Kier molecular flexibility index (Phi) is 4.39. The lowest BCUT2D eigenvalue weighted by Gasteiger charge is -2.17. The maximum atomic E-state index is 11.5. The average Bonchev–Trinajstić information content (AvgIpc) is 2.15. The SMILES string of the molecule is CN(C(=O)CCN)c1cc(Cl)cc(Cl)c1. The summed E-state index contributed by atoms with van der Waals surface area (Å²) >= 11 is 11.7. The van der Waals surface area contributed by atoms with Crippen LogP contribution >= 0.6 is 23.2 Å². The fourth-order valence-electron chi connectivity index (χ4n) is 1.17. The number of hydrogen-bond donors (Lipinski definition) is 1. The Labute approximate surface area is 98.8 Å². The van der Waals surface area contributed by atoms with Crippen LogP contribution in [-0.2, 0) is 4.79 Å². The fraction of sp³-hybridized carbons (Fsp3) is 0.300. The predicted molar refractivity (Wildman–Crippen MR) is 63.5 cm³/mol. The topological polar surface area (TPSA) is 46.3 Å². The van der Waals surface area contributed by atoms with Gasteiger partial charge in [-0.3, -0.25) is 4.79 Å². The second-order valence-electron chi connectivity index (χ2n) is 3.12. The summed E-state index contributed by atoms with van der Waals surface area (Å²) in [6.45, 7) is 0.331. The van der Waals surface area contributed by atoms with E-state index in [1.54, 1.807) is 25.2 Å². The standard InChI is InChI=1S/C10H12Cl2N2O/c1-14(10(15)2-3-13)9-5-7(11)4-8(12)6-9/h4-6H,2-3,13H2,1H3. The van der Waals surface area contributed by atoms with Crippen molar-refractivity contribution in [2.75, 3.05) is 18.5 Å². The van der Waals surface area contributed by atoms with Gasteiger partial charge in [-0.25, -0.2) is 0 Å². The molecule has 0 unspecified atom stereocenters. The number of amides is 1. The maximum Gasteiger partial charge on any atom is 0.227 e. The van der Waals surface area contributed by atoms with Gasteiger partial charge >= 0.3 is 0 Å². The summed E-state index contributed by atoms with van der Waals surface area (Å²) < 4.78 is 0. The lowest BCUT2D eigenvalue weighted by Crippen LogP contribution is -2.28. The van der Waals surface area contributed by atoms with Crippen LogP contribution in [0.2, 0.25) is 10.0 Å². The van der Waals surface area contributed by atoms with Gasteiger partial charge in [0.1, 0.15) is 0 Å². The number of anilines is 1. The Morgan fingerprint density at radius 1 is 1.33 bits per heavy atom. The summed E-state index contributed by atoms with van der Waals surface area (Å²) in [6, 6.07) is 4.98. The Bertz CT molecular complexity index is 348. The van der Waals surface area contributed by atoms with Crippen molar-refractivity contribution in [1.82, 2.24) is 0 Å². The van der Waals surface area contributed by atoms with E-state index < -0.39 is 0 Å². The first-order chi connectivity index (χ1) is 7.04. The molecule has 3 nitrogen and oxygen atoms in total. The summed E-state index contributed by atoms with van der Waals surface area (Å²) in [5.74, 6) is -0.0594. The third-order valence-corrected chi connectivity index (χ3v) is 2.40. The summed E-state index contributed by atoms with van der Waals surface area (Å²) in [5, 5.41) is 1.01. The number of rotatable bonds is 3.